The third-order valence-electron chi connectivity index (χ3n) is 4.98. The molecule has 7 heteroatoms. The molecule has 0 radical (unpaired) electrons. The monoisotopic (exact) mass is 407 g/mol. The summed E-state index contributed by atoms with van der Waals surface area (Å²) in [6.45, 7) is 8.90. The van der Waals surface area contributed by atoms with E-state index in [4.69, 9.17) is 0 Å². The number of aromatic nitrogens is 2. The number of rotatable bonds is 4. The molecule has 1 aliphatic heterocycles. The average molecular weight is 408 g/mol. The van der Waals surface area contributed by atoms with Gasteiger partial charge in [0, 0.05) is 37.9 Å². The Morgan fingerprint density at radius 2 is 1.69 bits per heavy atom. The number of thiophene rings is 1. The second-order valence-corrected chi connectivity index (χ2v) is 8.33. The zero-order valence-corrected chi connectivity index (χ0v) is 17.8. The lowest BCUT2D eigenvalue weighted by Gasteiger charge is -2.35. The number of nitrogens with zero attached hydrogens (tertiary/aromatic N) is 4. The lowest BCUT2D eigenvalue weighted by Crippen LogP contribution is -2.49. The summed E-state index contributed by atoms with van der Waals surface area (Å²) in [5.74, 6) is 2.53. The molecule has 0 bridgehead atoms. The SMILES string of the molecule is Cc1ccc(Nc2cc(N3CCN(C(=O)c4cc(C)cs4)CC3)nc(C)n2)cc1. The highest BCUT2D eigenvalue weighted by Gasteiger charge is 2.24. The smallest absolute Gasteiger partial charge is 0.264 e. The third-order valence-corrected chi connectivity index (χ3v) is 6.02. The van der Waals surface area contributed by atoms with Gasteiger partial charge in [-0.15, -0.1) is 11.3 Å². The number of nitrogens with one attached hydrogen (secondary N) is 1. The Morgan fingerprint density at radius 3 is 2.34 bits per heavy atom. The Morgan fingerprint density at radius 1 is 0.966 bits per heavy atom. The molecule has 150 valence electrons. The minimum atomic E-state index is 0.128. The van der Waals surface area contributed by atoms with E-state index in [0.717, 1.165) is 46.7 Å². The van der Waals surface area contributed by atoms with E-state index in [9.17, 15) is 4.79 Å². The predicted octanol–water partition coefficient (Wildman–Crippen LogP) is 4.17. The van der Waals surface area contributed by atoms with Crippen molar-refractivity contribution < 1.29 is 4.79 Å². The molecule has 1 saturated heterocycles. The fraction of sp³-hybridized carbons (Fsp3) is 0.318. The molecule has 1 N–H and O–H groups in total. The average Bonchev–Trinajstić information content (AvgIpc) is 3.15. The molecule has 2 aromatic heterocycles. The first-order valence-corrected chi connectivity index (χ1v) is 10.6. The molecule has 3 heterocycles. The van der Waals surface area contributed by atoms with Gasteiger partial charge in [-0.25, -0.2) is 9.97 Å². The van der Waals surface area contributed by atoms with Crippen LogP contribution in [0.5, 0.6) is 0 Å². The Hall–Kier alpha value is -2.93. The number of hydrogen-bond donors (Lipinski definition) is 1. The van der Waals surface area contributed by atoms with Gasteiger partial charge in [0.15, 0.2) is 0 Å². The molecular formula is C22H25N5OS. The van der Waals surface area contributed by atoms with Crippen LogP contribution in [0.15, 0.2) is 41.8 Å². The number of carbonyl (C=O) groups is 1. The summed E-state index contributed by atoms with van der Waals surface area (Å²) in [7, 11) is 0. The van der Waals surface area contributed by atoms with Gasteiger partial charge in [0.1, 0.15) is 17.5 Å². The molecule has 0 spiro atoms. The minimum absolute atomic E-state index is 0.128. The number of benzene rings is 1. The van der Waals surface area contributed by atoms with Gasteiger partial charge in [0.05, 0.1) is 4.88 Å². The molecule has 0 atom stereocenters. The predicted molar refractivity (Wildman–Crippen MR) is 118 cm³/mol. The highest BCUT2D eigenvalue weighted by Crippen LogP contribution is 2.22. The van der Waals surface area contributed by atoms with E-state index in [1.165, 1.54) is 16.9 Å². The quantitative estimate of drug-likeness (QED) is 0.703. The van der Waals surface area contributed by atoms with Crippen molar-refractivity contribution in [1.82, 2.24) is 14.9 Å². The lowest BCUT2D eigenvalue weighted by molar-refractivity contribution is 0.0751. The summed E-state index contributed by atoms with van der Waals surface area (Å²) >= 11 is 1.52. The van der Waals surface area contributed by atoms with Gasteiger partial charge in [-0.1, -0.05) is 17.7 Å². The van der Waals surface area contributed by atoms with Gasteiger partial charge < -0.3 is 15.1 Å². The van der Waals surface area contributed by atoms with Crippen molar-refractivity contribution in [2.24, 2.45) is 0 Å². The van der Waals surface area contributed by atoms with Crippen molar-refractivity contribution in [2.45, 2.75) is 20.8 Å². The van der Waals surface area contributed by atoms with Crippen LogP contribution in [-0.2, 0) is 0 Å². The van der Waals surface area contributed by atoms with Crippen molar-refractivity contribution in [2.75, 3.05) is 36.4 Å². The van der Waals surface area contributed by atoms with Crippen LogP contribution in [0.4, 0.5) is 17.3 Å². The van der Waals surface area contributed by atoms with Crippen molar-refractivity contribution >= 4 is 34.6 Å². The number of hydrogen-bond acceptors (Lipinski definition) is 6. The number of aryl methyl sites for hydroxylation is 3. The van der Waals surface area contributed by atoms with Crippen molar-refractivity contribution in [3.8, 4) is 0 Å². The fourth-order valence-electron chi connectivity index (χ4n) is 3.40. The lowest BCUT2D eigenvalue weighted by atomic mass is 10.2. The molecule has 1 aliphatic rings. The first-order valence-electron chi connectivity index (χ1n) is 9.77. The Labute approximate surface area is 175 Å². The summed E-state index contributed by atoms with van der Waals surface area (Å²) in [4.78, 5) is 26.8. The number of amides is 1. The normalized spacial score (nSPS) is 14.2. The highest BCUT2D eigenvalue weighted by molar-refractivity contribution is 7.12. The molecule has 1 amide bonds. The summed E-state index contributed by atoms with van der Waals surface area (Å²) in [6, 6.07) is 12.2. The van der Waals surface area contributed by atoms with E-state index in [2.05, 4.69) is 39.2 Å². The maximum Gasteiger partial charge on any atom is 0.264 e. The van der Waals surface area contributed by atoms with Crippen LogP contribution < -0.4 is 10.2 Å². The Balaban J connectivity index is 1.43. The van der Waals surface area contributed by atoms with Gasteiger partial charge in [-0.05, 0) is 49.9 Å². The van der Waals surface area contributed by atoms with Crippen LogP contribution in [0, 0.1) is 20.8 Å². The standard InChI is InChI=1S/C22H25N5OS/c1-15-4-6-18(7-5-15)25-20-13-21(24-17(3)23-20)26-8-10-27(11-9-26)22(28)19-12-16(2)14-29-19/h4-7,12-14H,8-11H2,1-3H3,(H,23,24,25). The maximum atomic E-state index is 12.7. The van der Waals surface area contributed by atoms with Crippen LogP contribution in [0.25, 0.3) is 0 Å². The van der Waals surface area contributed by atoms with E-state index in [1.54, 1.807) is 0 Å². The van der Waals surface area contributed by atoms with Crippen LogP contribution in [0.3, 0.4) is 0 Å². The summed E-state index contributed by atoms with van der Waals surface area (Å²) < 4.78 is 0. The Kier molecular flexibility index (Phi) is 5.49. The van der Waals surface area contributed by atoms with Gasteiger partial charge in [-0.2, -0.15) is 0 Å². The van der Waals surface area contributed by atoms with E-state index in [-0.39, 0.29) is 5.91 Å². The van der Waals surface area contributed by atoms with E-state index in [0.29, 0.717) is 13.1 Å². The van der Waals surface area contributed by atoms with Gasteiger partial charge in [-0.3, -0.25) is 4.79 Å². The van der Waals surface area contributed by atoms with E-state index in [1.807, 2.05) is 48.4 Å². The third kappa shape index (κ3) is 4.56. The second kappa shape index (κ2) is 8.21. The van der Waals surface area contributed by atoms with Gasteiger partial charge in [0.25, 0.3) is 5.91 Å². The zero-order valence-electron chi connectivity index (χ0n) is 17.0. The summed E-state index contributed by atoms with van der Waals surface area (Å²) in [5.41, 5.74) is 3.36. The molecule has 3 aromatic rings. The van der Waals surface area contributed by atoms with Crippen molar-refractivity contribution in [3.05, 3.63) is 63.6 Å². The van der Waals surface area contributed by atoms with Crippen molar-refractivity contribution in [3.63, 3.8) is 0 Å². The number of carbonyl (C=O) groups excluding carboxylic acids is 1. The number of anilines is 3. The summed E-state index contributed by atoms with van der Waals surface area (Å²) in [5, 5.41) is 5.38. The van der Waals surface area contributed by atoms with Crippen LogP contribution in [-0.4, -0.2) is 47.0 Å². The largest absolute Gasteiger partial charge is 0.353 e. The fourth-order valence-corrected chi connectivity index (χ4v) is 4.27. The van der Waals surface area contributed by atoms with Crippen LogP contribution >= 0.6 is 11.3 Å². The maximum absolute atomic E-state index is 12.7. The molecule has 29 heavy (non-hydrogen) atoms. The molecule has 0 unspecified atom stereocenters. The molecule has 0 saturated carbocycles. The second-order valence-electron chi connectivity index (χ2n) is 7.42. The molecule has 6 nitrogen and oxygen atoms in total. The van der Waals surface area contributed by atoms with Crippen LogP contribution in [0.1, 0.15) is 26.6 Å². The molecular weight excluding hydrogens is 382 g/mol. The van der Waals surface area contributed by atoms with Crippen LogP contribution in [0.2, 0.25) is 0 Å². The van der Waals surface area contributed by atoms with Gasteiger partial charge >= 0.3 is 0 Å². The molecule has 1 aromatic carbocycles. The molecule has 0 aliphatic carbocycles. The highest BCUT2D eigenvalue weighted by atomic mass is 32.1. The van der Waals surface area contributed by atoms with E-state index < -0.39 is 0 Å². The Bertz CT molecular complexity index is 1010. The van der Waals surface area contributed by atoms with Gasteiger partial charge in [0.2, 0.25) is 0 Å². The van der Waals surface area contributed by atoms with Crippen molar-refractivity contribution in [1.29, 1.82) is 0 Å². The minimum Gasteiger partial charge on any atom is -0.353 e. The molecule has 4 rings (SSSR count). The molecule has 1 fully saturated rings. The first kappa shape index (κ1) is 19.4. The topological polar surface area (TPSA) is 61.4 Å². The zero-order chi connectivity index (χ0) is 20.4. The first-order chi connectivity index (χ1) is 14.0. The summed E-state index contributed by atoms with van der Waals surface area (Å²) in [6.07, 6.45) is 0. The van der Waals surface area contributed by atoms with E-state index >= 15 is 0 Å². The number of piperazine rings is 1.